The molecule has 0 aliphatic heterocycles. The average Bonchev–Trinajstić information content (AvgIpc) is 2.40. The fraction of sp³-hybridized carbons (Fsp3) is 0. The van der Waals surface area contributed by atoms with Crippen LogP contribution in [0.4, 0.5) is 4.79 Å². The van der Waals surface area contributed by atoms with E-state index in [0.29, 0.717) is 27.4 Å². The van der Waals surface area contributed by atoms with Crippen molar-refractivity contribution in [3.8, 4) is 0 Å². The molecule has 0 aliphatic carbocycles. The zero-order valence-electron chi connectivity index (χ0n) is 9.92. The predicted octanol–water partition coefficient (Wildman–Crippen LogP) is 1.69. The van der Waals surface area contributed by atoms with Gasteiger partial charge < -0.3 is 9.52 Å². The second-order valence-electron chi connectivity index (χ2n) is 4.29. The third kappa shape index (κ3) is 1.89. The molecule has 5 heteroatoms. The molecule has 4 nitrogen and oxygen atoms in total. The summed E-state index contributed by atoms with van der Waals surface area (Å²) in [5, 5.41) is 9.81. The maximum atomic E-state index is 12.3. The molecule has 2 aromatic carbocycles. The van der Waals surface area contributed by atoms with Gasteiger partial charge in [-0.2, -0.15) is 0 Å². The van der Waals surface area contributed by atoms with Gasteiger partial charge in [0.1, 0.15) is 11.2 Å². The van der Waals surface area contributed by atoms with Crippen LogP contribution in [0.5, 0.6) is 0 Å². The molecule has 0 spiro atoms. The summed E-state index contributed by atoms with van der Waals surface area (Å²) < 4.78 is 5.70. The van der Waals surface area contributed by atoms with E-state index in [1.807, 2.05) is 0 Å². The van der Waals surface area contributed by atoms with Gasteiger partial charge in [-0.1, -0.05) is 24.3 Å². The minimum absolute atomic E-state index is 0.135. The number of carbonyl (C=O) groups is 1. The van der Waals surface area contributed by atoms with E-state index in [9.17, 15) is 9.59 Å². The van der Waals surface area contributed by atoms with Crippen LogP contribution in [0.2, 0.25) is 0 Å². The molecule has 0 fully saturated rings. The predicted molar refractivity (Wildman–Crippen MR) is 74.8 cm³/mol. The fourth-order valence-electron chi connectivity index (χ4n) is 2.18. The Morgan fingerprint density at radius 2 is 1.79 bits per heavy atom. The minimum Gasteiger partial charge on any atom is -0.489 e. The summed E-state index contributed by atoms with van der Waals surface area (Å²) in [7, 11) is -0.168. The summed E-state index contributed by atoms with van der Waals surface area (Å²) in [6.45, 7) is 0. The Labute approximate surface area is 108 Å². The normalized spacial score (nSPS) is 10.7. The molecule has 1 aromatic heterocycles. The number of carboxylic acid groups (broad SMARTS) is 1. The van der Waals surface area contributed by atoms with Crippen LogP contribution in [0.1, 0.15) is 0 Å². The summed E-state index contributed by atoms with van der Waals surface area (Å²) in [5.41, 5.74) is 1.20. The molecule has 92 valence electrons. The van der Waals surface area contributed by atoms with Gasteiger partial charge in [0.2, 0.25) is 5.43 Å². The van der Waals surface area contributed by atoms with Crippen LogP contribution < -0.4 is 10.9 Å². The number of hydrogen-bond acceptors (Lipinski definition) is 3. The topological polar surface area (TPSA) is 67.5 Å². The molecular formula is C14H9BO4. The van der Waals surface area contributed by atoms with Crippen LogP contribution in [0.3, 0.4) is 0 Å². The van der Waals surface area contributed by atoms with Gasteiger partial charge in [0.05, 0.1) is 10.8 Å². The Morgan fingerprint density at radius 1 is 1.05 bits per heavy atom. The van der Waals surface area contributed by atoms with Gasteiger partial charge in [-0.25, -0.2) is 0 Å². The minimum atomic E-state index is -0.955. The summed E-state index contributed by atoms with van der Waals surface area (Å²) in [6, 6.07) is 11.9. The maximum Gasteiger partial charge on any atom is 0.297 e. The molecule has 1 heterocycles. The number of rotatable bonds is 2. The molecule has 3 aromatic rings. The molecule has 0 saturated heterocycles. The van der Waals surface area contributed by atoms with Crippen LogP contribution in [0.15, 0.2) is 51.7 Å². The molecule has 0 bridgehead atoms. The van der Waals surface area contributed by atoms with Crippen LogP contribution in [0, 0.1) is 0 Å². The van der Waals surface area contributed by atoms with Crippen molar-refractivity contribution in [3.05, 3.63) is 52.7 Å². The standard InChI is InChI=1S/C14H9BO4/c16-12-8-4-1-2-7-11(8)19-13-9(12)5-3-6-10(13)15-14(17)18/h1-7,15H,(H,17,18). The molecule has 0 aliphatic rings. The highest BCUT2D eigenvalue weighted by Crippen LogP contribution is 2.16. The van der Waals surface area contributed by atoms with Gasteiger partial charge in [0.15, 0.2) is 0 Å². The Hall–Kier alpha value is -2.56. The molecule has 0 saturated carbocycles. The van der Waals surface area contributed by atoms with E-state index in [0.717, 1.165) is 0 Å². The highest BCUT2D eigenvalue weighted by molar-refractivity contribution is 6.83. The molecule has 0 atom stereocenters. The van der Waals surface area contributed by atoms with Crippen molar-refractivity contribution in [1.82, 2.24) is 0 Å². The number of para-hydroxylation sites is 2. The van der Waals surface area contributed by atoms with Crippen molar-refractivity contribution >= 4 is 40.5 Å². The Bertz CT molecular complexity index is 851. The molecule has 0 radical (unpaired) electrons. The first kappa shape index (κ1) is 11.5. The van der Waals surface area contributed by atoms with Gasteiger partial charge in [-0.15, -0.1) is 0 Å². The first-order chi connectivity index (χ1) is 9.16. The molecular weight excluding hydrogens is 243 g/mol. The number of benzene rings is 2. The van der Waals surface area contributed by atoms with Crippen molar-refractivity contribution < 1.29 is 14.3 Å². The van der Waals surface area contributed by atoms with E-state index in [4.69, 9.17) is 9.52 Å². The van der Waals surface area contributed by atoms with Crippen molar-refractivity contribution in [1.29, 1.82) is 0 Å². The molecule has 0 unspecified atom stereocenters. The van der Waals surface area contributed by atoms with Crippen molar-refractivity contribution in [3.63, 3.8) is 0 Å². The third-order valence-electron chi connectivity index (χ3n) is 3.03. The largest absolute Gasteiger partial charge is 0.489 e. The van der Waals surface area contributed by atoms with E-state index in [1.54, 1.807) is 42.5 Å². The van der Waals surface area contributed by atoms with E-state index in [1.165, 1.54) is 0 Å². The van der Waals surface area contributed by atoms with E-state index >= 15 is 0 Å². The van der Waals surface area contributed by atoms with Crippen LogP contribution >= 0.6 is 0 Å². The molecule has 0 amide bonds. The monoisotopic (exact) mass is 252 g/mol. The van der Waals surface area contributed by atoms with Crippen LogP contribution in [-0.2, 0) is 0 Å². The number of fused-ring (bicyclic) bond motifs is 2. The first-order valence-corrected chi connectivity index (χ1v) is 5.82. The van der Waals surface area contributed by atoms with Crippen LogP contribution in [0.25, 0.3) is 21.9 Å². The Kier molecular flexibility index (Phi) is 2.60. The Balaban J connectivity index is 2.44. The van der Waals surface area contributed by atoms with E-state index < -0.39 is 5.87 Å². The van der Waals surface area contributed by atoms with Gasteiger partial charge in [-0.05, 0) is 23.7 Å². The van der Waals surface area contributed by atoms with Gasteiger partial charge >= 0.3 is 0 Å². The summed E-state index contributed by atoms with van der Waals surface area (Å²) in [5.74, 6) is -0.955. The smallest absolute Gasteiger partial charge is 0.297 e. The third-order valence-corrected chi connectivity index (χ3v) is 3.03. The summed E-state index contributed by atoms with van der Waals surface area (Å²) >= 11 is 0. The van der Waals surface area contributed by atoms with Gasteiger partial charge in [0, 0.05) is 0 Å². The molecule has 1 N–H and O–H groups in total. The molecule has 19 heavy (non-hydrogen) atoms. The van der Waals surface area contributed by atoms with Gasteiger partial charge in [-0.3, -0.25) is 9.59 Å². The lowest BCUT2D eigenvalue weighted by molar-refractivity contribution is 0.220. The molecule has 3 rings (SSSR count). The fourth-order valence-corrected chi connectivity index (χ4v) is 2.18. The van der Waals surface area contributed by atoms with Crippen LogP contribution in [-0.4, -0.2) is 18.3 Å². The van der Waals surface area contributed by atoms with E-state index in [-0.39, 0.29) is 12.7 Å². The van der Waals surface area contributed by atoms with Gasteiger partial charge in [0.25, 0.3) is 13.1 Å². The summed E-state index contributed by atoms with van der Waals surface area (Å²) in [4.78, 5) is 23.2. The Morgan fingerprint density at radius 3 is 2.58 bits per heavy atom. The lowest BCUT2D eigenvalue weighted by Crippen LogP contribution is -2.23. The average molecular weight is 252 g/mol. The SMILES string of the molecule is O=C(O)Bc1cccc2c(=O)c3ccccc3oc12. The zero-order valence-corrected chi connectivity index (χ0v) is 9.92. The van der Waals surface area contributed by atoms with Crippen molar-refractivity contribution in [2.45, 2.75) is 0 Å². The highest BCUT2D eigenvalue weighted by atomic mass is 16.4. The first-order valence-electron chi connectivity index (χ1n) is 5.82. The zero-order chi connectivity index (χ0) is 13.4. The quantitative estimate of drug-likeness (QED) is 0.556. The van der Waals surface area contributed by atoms with Crippen molar-refractivity contribution in [2.24, 2.45) is 0 Å². The lowest BCUT2D eigenvalue weighted by atomic mass is 9.70. The second-order valence-corrected chi connectivity index (χ2v) is 4.29. The van der Waals surface area contributed by atoms with Crippen molar-refractivity contribution in [2.75, 3.05) is 0 Å². The van der Waals surface area contributed by atoms with E-state index in [2.05, 4.69) is 0 Å². The summed E-state index contributed by atoms with van der Waals surface area (Å²) in [6.07, 6.45) is 0. The maximum absolute atomic E-state index is 12.3. The number of hydrogen-bond donors (Lipinski definition) is 1. The highest BCUT2D eigenvalue weighted by Gasteiger charge is 2.13. The lowest BCUT2D eigenvalue weighted by Gasteiger charge is -2.04. The second kappa shape index (κ2) is 4.28.